The van der Waals surface area contributed by atoms with Crippen LogP contribution in [0.5, 0.6) is 0 Å². The van der Waals surface area contributed by atoms with Gasteiger partial charge in [0.1, 0.15) is 17.6 Å². The van der Waals surface area contributed by atoms with Crippen LogP contribution >= 0.6 is 0 Å². The molecule has 4 rings (SSSR count). The van der Waals surface area contributed by atoms with E-state index in [0.29, 0.717) is 18.8 Å². The van der Waals surface area contributed by atoms with Gasteiger partial charge >= 0.3 is 0 Å². The van der Waals surface area contributed by atoms with Crippen LogP contribution in [0.15, 0.2) is 24.3 Å². The maximum atomic E-state index is 14.3. The van der Waals surface area contributed by atoms with Gasteiger partial charge in [-0.2, -0.15) is 0 Å². The zero-order valence-electron chi connectivity index (χ0n) is 15.0. The Kier molecular flexibility index (Phi) is 4.47. The van der Waals surface area contributed by atoms with Crippen LogP contribution in [0.1, 0.15) is 55.8 Å². The normalized spacial score (nSPS) is 31.2. The van der Waals surface area contributed by atoms with Crippen molar-refractivity contribution in [3.8, 4) is 0 Å². The molecule has 0 unspecified atom stereocenters. The third-order valence-electron chi connectivity index (χ3n) is 5.74. The molecule has 1 N–H and O–H groups in total. The average Bonchev–Trinajstić information content (AvgIpc) is 3.35. The van der Waals surface area contributed by atoms with Crippen molar-refractivity contribution < 1.29 is 18.7 Å². The van der Waals surface area contributed by atoms with E-state index in [2.05, 4.69) is 12.2 Å². The van der Waals surface area contributed by atoms with E-state index < -0.39 is 23.5 Å². The van der Waals surface area contributed by atoms with Gasteiger partial charge in [-0.25, -0.2) is 4.39 Å². The van der Waals surface area contributed by atoms with Crippen LogP contribution in [-0.4, -0.2) is 41.1 Å². The van der Waals surface area contributed by atoms with Crippen molar-refractivity contribution in [1.29, 1.82) is 0 Å². The highest BCUT2D eigenvalue weighted by molar-refractivity contribution is 5.98. The molecular weight excluding hydrogens is 335 g/mol. The number of hydrogen-bond donors (Lipinski definition) is 1. The molecule has 1 spiro atoms. The molecule has 2 amide bonds. The molecule has 5 nitrogen and oxygen atoms in total. The molecule has 0 radical (unpaired) electrons. The molecule has 140 valence electrons. The van der Waals surface area contributed by atoms with Gasteiger partial charge in [0.25, 0.3) is 5.91 Å². The van der Waals surface area contributed by atoms with Crippen LogP contribution in [0.25, 0.3) is 0 Å². The minimum Gasteiger partial charge on any atom is -0.353 e. The highest BCUT2D eigenvalue weighted by Crippen LogP contribution is 2.43. The second-order valence-electron chi connectivity index (χ2n) is 7.91. The Bertz CT molecular complexity index is 721. The summed E-state index contributed by atoms with van der Waals surface area (Å²) >= 11 is 0. The molecule has 1 aromatic carbocycles. The Morgan fingerprint density at radius 3 is 2.73 bits per heavy atom. The predicted octanol–water partition coefficient (Wildman–Crippen LogP) is 2.85. The summed E-state index contributed by atoms with van der Waals surface area (Å²) < 4.78 is 20.4. The lowest BCUT2D eigenvalue weighted by Gasteiger charge is -2.43. The molecule has 1 aliphatic heterocycles. The van der Waals surface area contributed by atoms with Crippen LogP contribution in [0.4, 0.5) is 4.39 Å². The number of nitrogens with one attached hydrogen (secondary N) is 1. The van der Waals surface area contributed by atoms with E-state index in [9.17, 15) is 14.0 Å². The first-order valence-corrected chi connectivity index (χ1v) is 9.53. The number of nitrogens with zero attached hydrogens (tertiary/aromatic N) is 1. The lowest BCUT2D eigenvalue weighted by molar-refractivity contribution is -0.128. The van der Waals surface area contributed by atoms with E-state index in [0.717, 1.165) is 25.7 Å². The Balaban J connectivity index is 1.68. The van der Waals surface area contributed by atoms with Crippen LogP contribution in [0.2, 0.25) is 0 Å². The topological polar surface area (TPSA) is 58.6 Å². The third-order valence-corrected chi connectivity index (χ3v) is 5.74. The van der Waals surface area contributed by atoms with Gasteiger partial charge in [-0.05, 0) is 50.2 Å². The second-order valence-corrected chi connectivity index (χ2v) is 7.91. The van der Waals surface area contributed by atoms with E-state index in [1.165, 1.54) is 12.1 Å². The van der Waals surface area contributed by atoms with Crippen molar-refractivity contribution in [2.24, 2.45) is 5.92 Å². The van der Waals surface area contributed by atoms with Gasteiger partial charge in [-0.3, -0.25) is 14.5 Å². The Morgan fingerprint density at radius 2 is 2.04 bits per heavy atom. The molecule has 3 atom stereocenters. The number of benzene rings is 1. The first kappa shape index (κ1) is 17.5. The van der Waals surface area contributed by atoms with Crippen molar-refractivity contribution in [3.05, 3.63) is 35.6 Å². The molecule has 1 aromatic rings. The molecule has 3 fully saturated rings. The van der Waals surface area contributed by atoms with E-state index in [1.807, 2.05) is 0 Å². The Hall–Kier alpha value is -1.95. The fourth-order valence-corrected chi connectivity index (χ4v) is 4.30. The largest absolute Gasteiger partial charge is 0.353 e. The number of amides is 2. The first-order chi connectivity index (χ1) is 12.5. The number of halogens is 1. The van der Waals surface area contributed by atoms with Crippen LogP contribution in [0, 0.1) is 11.7 Å². The van der Waals surface area contributed by atoms with Gasteiger partial charge in [0.05, 0.1) is 12.2 Å². The zero-order valence-corrected chi connectivity index (χ0v) is 15.0. The smallest absolute Gasteiger partial charge is 0.259 e. The lowest BCUT2D eigenvalue weighted by Crippen LogP contribution is -2.57. The molecule has 0 bridgehead atoms. The van der Waals surface area contributed by atoms with E-state index in [-0.39, 0.29) is 24.1 Å². The summed E-state index contributed by atoms with van der Waals surface area (Å²) in [7, 11) is 0. The van der Waals surface area contributed by atoms with Crippen LogP contribution < -0.4 is 5.32 Å². The predicted molar refractivity (Wildman–Crippen MR) is 93.8 cm³/mol. The summed E-state index contributed by atoms with van der Waals surface area (Å²) in [4.78, 5) is 27.6. The van der Waals surface area contributed by atoms with Crippen molar-refractivity contribution in [3.63, 3.8) is 0 Å². The molecule has 2 aliphatic carbocycles. The van der Waals surface area contributed by atoms with E-state index in [1.54, 1.807) is 17.0 Å². The zero-order chi connectivity index (χ0) is 18.3. The number of hydrogen-bond acceptors (Lipinski definition) is 3. The fraction of sp³-hybridized carbons (Fsp3) is 0.600. The van der Waals surface area contributed by atoms with Crippen molar-refractivity contribution in [2.45, 2.75) is 63.3 Å². The summed E-state index contributed by atoms with van der Waals surface area (Å²) in [6, 6.07) is 5.46. The number of carbonyl (C=O) groups is 2. The van der Waals surface area contributed by atoms with Crippen molar-refractivity contribution in [1.82, 2.24) is 10.2 Å². The van der Waals surface area contributed by atoms with Crippen LogP contribution in [0.3, 0.4) is 0 Å². The first-order valence-electron chi connectivity index (χ1n) is 9.53. The van der Waals surface area contributed by atoms with Gasteiger partial charge < -0.3 is 10.1 Å². The third kappa shape index (κ3) is 3.11. The second kappa shape index (κ2) is 6.65. The monoisotopic (exact) mass is 360 g/mol. The summed E-state index contributed by atoms with van der Waals surface area (Å²) in [5, 5.41) is 2.97. The number of carbonyl (C=O) groups excluding carboxylic acids is 2. The minimum absolute atomic E-state index is 0.000163. The average molecular weight is 360 g/mol. The summed E-state index contributed by atoms with van der Waals surface area (Å²) in [6.45, 7) is 2.30. The highest BCUT2D eigenvalue weighted by Gasteiger charge is 2.54. The Labute approximate surface area is 152 Å². The van der Waals surface area contributed by atoms with Gasteiger partial charge in [0, 0.05) is 6.04 Å². The number of ether oxygens (including phenoxy) is 1. The number of rotatable bonds is 3. The molecule has 2 saturated carbocycles. The van der Waals surface area contributed by atoms with E-state index in [4.69, 9.17) is 4.74 Å². The fourth-order valence-electron chi connectivity index (χ4n) is 4.30. The quantitative estimate of drug-likeness (QED) is 0.902. The molecular formula is C20H25FN2O3. The van der Waals surface area contributed by atoms with Gasteiger partial charge in [0.15, 0.2) is 0 Å². The van der Waals surface area contributed by atoms with Gasteiger partial charge in [-0.15, -0.1) is 0 Å². The van der Waals surface area contributed by atoms with Crippen molar-refractivity contribution in [2.75, 3.05) is 6.61 Å². The van der Waals surface area contributed by atoms with Crippen LogP contribution in [-0.2, 0) is 9.53 Å². The summed E-state index contributed by atoms with van der Waals surface area (Å²) in [5.41, 5.74) is -0.803. The van der Waals surface area contributed by atoms with E-state index >= 15 is 0 Å². The summed E-state index contributed by atoms with van der Waals surface area (Å²) in [6.07, 6.45) is 5.32. The maximum absolute atomic E-state index is 14.3. The Morgan fingerprint density at radius 1 is 1.27 bits per heavy atom. The van der Waals surface area contributed by atoms with Gasteiger partial charge in [-0.1, -0.05) is 25.5 Å². The molecule has 26 heavy (non-hydrogen) atoms. The van der Waals surface area contributed by atoms with Crippen molar-refractivity contribution >= 4 is 11.8 Å². The maximum Gasteiger partial charge on any atom is 0.259 e. The van der Waals surface area contributed by atoms with Gasteiger partial charge in [0.2, 0.25) is 5.91 Å². The lowest BCUT2D eigenvalue weighted by atomic mass is 9.83. The SMILES string of the molecule is C[C@H]1CCC[C@]2(C1)OC[C@@H](C(=O)NC1CC1)N2C(=O)c1ccccc1F. The highest BCUT2D eigenvalue weighted by atomic mass is 19.1. The summed E-state index contributed by atoms with van der Waals surface area (Å²) in [5.74, 6) is -0.812. The standard InChI is InChI=1S/C20H25FN2O3/c1-13-5-4-10-20(11-13)23(19(25)15-6-2-3-7-16(15)21)17(12-26-20)18(24)22-14-8-9-14/h2-3,6-7,13-14,17H,4-5,8-12H2,1H3,(H,22,24)/t13-,17-,20+/m0/s1. The minimum atomic E-state index is -0.803. The molecule has 1 saturated heterocycles. The molecule has 3 aliphatic rings. The molecule has 6 heteroatoms. The molecule has 1 heterocycles. The molecule has 0 aromatic heterocycles.